The summed E-state index contributed by atoms with van der Waals surface area (Å²) in [4.78, 5) is 21.2. The molecule has 0 atom stereocenters. The molecule has 0 radical (unpaired) electrons. The van der Waals surface area contributed by atoms with Crippen LogP contribution >= 0.6 is 11.6 Å². The minimum absolute atomic E-state index is 0.238. The second-order valence-electron chi connectivity index (χ2n) is 8.21. The van der Waals surface area contributed by atoms with E-state index in [1.54, 1.807) is 19.2 Å². The van der Waals surface area contributed by atoms with Gasteiger partial charge in [-0.15, -0.1) is 0 Å². The zero-order valence-electron chi connectivity index (χ0n) is 19.9. The summed E-state index contributed by atoms with van der Waals surface area (Å²) in [6.45, 7) is 4.85. The van der Waals surface area contributed by atoms with Crippen molar-refractivity contribution in [2.75, 3.05) is 6.61 Å². The van der Waals surface area contributed by atoms with E-state index in [0.717, 1.165) is 33.5 Å². The molecule has 0 N–H and O–H groups in total. The van der Waals surface area contributed by atoms with Gasteiger partial charge in [-0.2, -0.15) is 0 Å². The number of aromatic nitrogens is 3. The molecular weight excluding hydrogens is 478 g/mol. The molecule has 0 saturated heterocycles. The number of imidazole rings is 1. The van der Waals surface area contributed by atoms with Crippen molar-refractivity contribution in [3.8, 4) is 17.2 Å². The van der Waals surface area contributed by atoms with E-state index in [1.807, 2.05) is 61.5 Å². The predicted octanol–water partition coefficient (Wildman–Crippen LogP) is 6.46. The van der Waals surface area contributed by atoms with Gasteiger partial charge in [0.15, 0.2) is 0 Å². The largest absolute Gasteiger partial charge is 0.489 e. The molecule has 8 heteroatoms. The van der Waals surface area contributed by atoms with Gasteiger partial charge in [-0.25, -0.2) is 14.8 Å². The third-order valence-corrected chi connectivity index (χ3v) is 6.23. The van der Waals surface area contributed by atoms with E-state index in [2.05, 4.69) is 9.55 Å². The Labute approximate surface area is 213 Å². The first-order valence-electron chi connectivity index (χ1n) is 11.6. The number of ether oxygens (including phenoxy) is 2. The van der Waals surface area contributed by atoms with E-state index in [1.165, 1.54) is 6.26 Å². The molecule has 182 valence electrons. The smallest absolute Gasteiger partial charge is 0.338 e. The summed E-state index contributed by atoms with van der Waals surface area (Å²) in [5, 5.41) is 0.620. The number of nitrogens with zero attached hydrogens (tertiary/aromatic N) is 3. The van der Waals surface area contributed by atoms with Gasteiger partial charge in [0.25, 0.3) is 0 Å². The van der Waals surface area contributed by atoms with Crippen molar-refractivity contribution in [1.82, 2.24) is 14.5 Å². The second-order valence-corrected chi connectivity index (χ2v) is 8.61. The highest BCUT2D eigenvalue weighted by molar-refractivity contribution is 6.31. The first-order valence-corrected chi connectivity index (χ1v) is 11.9. The maximum Gasteiger partial charge on any atom is 0.338 e. The van der Waals surface area contributed by atoms with Crippen LogP contribution in [0.3, 0.4) is 0 Å². The molecule has 2 aromatic heterocycles. The zero-order valence-corrected chi connectivity index (χ0v) is 20.7. The maximum atomic E-state index is 12.3. The van der Waals surface area contributed by atoms with Crippen LogP contribution in [-0.4, -0.2) is 27.1 Å². The van der Waals surface area contributed by atoms with E-state index in [-0.39, 0.29) is 12.6 Å². The lowest BCUT2D eigenvalue weighted by Crippen LogP contribution is -2.09. The Balaban J connectivity index is 1.39. The number of oxazole rings is 1. The number of esters is 1. The van der Waals surface area contributed by atoms with E-state index >= 15 is 0 Å². The summed E-state index contributed by atoms with van der Waals surface area (Å²) in [5.74, 6) is 1.71. The molecule has 7 nitrogen and oxygen atoms in total. The summed E-state index contributed by atoms with van der Waals surface area (Å²) in [7, 11) is 0. The summed E-state index contributed by atoms with van der Waals surface area (Å²) < 4.78 is 18.7. The summed E-state index contributed by atoms with van der Waals surface area (Å²) in [5.41, 5.74) is 4.82. The van der Waals surface area contributed by atoms with Gasteiger partial charge in [0.2, 0.25) is 5.89 Å². The number of benzene rings is 3. The fraction of sp³-hybridized carbons (Fsp3) is 0.179. The molecule has 0 aliphatic heterocycles. The molecular formula is C28H24ClN3O4. The van der Waals surface area contributed by atoms with E-state index < -0.39 is 0 Å². The zero-order chi connectivity index (χ0) is 25.1. The van der Waals surface area contributed by atoms with Crippen LogP contribution in [0.2, 0.25) is 5.02 Å². The van der Waals surface area contributed by atoms with E-state index in [0.29, 0.717) is 35.4 Å². The molecule has 2 heterocycles. The highest BCUT2D eigenvalue weighted by Gasteiger charge is 2.15. The van der Waals surface area contributed by atoms with Crippen LogP contribution in [0.4, 0.5) is 0 Å². The van der Waals surface area contributed by atoms with Crippen molar-refractivity contribution >= 4 is 28.6 Å². The number of halogens is 1. The number of hydrogen-bond acceptors (Lipinski definition) is 6. The highest BCUT2D eigenvalue weighted by Crippen LogP contribution is 2.28. The number of carbonyl (C=O) groups is 1. The summed E-state index contributed by atoms with van der Waals surface area (Å²) in [6, 6.07) is 18.8. The van der Waals surface area contributed by atoms with E-state index in [4.69, 9.17) is 30.5 Å². The van der Waals surface area contributed by atoms with Crippen LogP contribution in [0.1, 0.15) is 34.2 Å². The van der Waals surface area contributed by atoms with Gasteiger partial charge in [0.05, 0.1) is 35.9 Å². The maximum absolute atomic E-state index is 12.3. The molecule has 36 heavy (non-hydrogen) atoms. The Bertz CT molecular complexity index is 1530. The summed E-state index contributed by atoms with van der Waals surface area (Å²) in [6.07, 6.45) is 3.14. The minimum atomic E-state index is -0.355. The molecule has 0 unspecified atom stereocenters. The van der Waals surface area contributed by atoms with E-state index in [9.17, 15) is 4.79 Å². The number of hydrogen-bond donors (Lipinski definition) is 0. The molecule has 0 aliphatic carbocycles. The fourth-order valence-corrected chi connectivity index (χ4v) is 4.31. The standard InChI is InChI=1S/C28H24ClN3O4/c1-3-34-28(33)23-7-5-4-6-21(23)17-36-22-10-11-25-26(15-22)32(18(2)31-25)16-20-9-8-19(14-24(20)29)27-30-12-13-35-27/h4-15H,3,16-17H2,1-2H3. The lowest BCUT2D eigenvalue weighted by Gasteiger charge is -2.12. The number of rotatable bonds is 8. The molecule has 3 aromatic carbocycles. The molecule has 0 saturated carbocycles. The number of carbonyl (C=O) groups excluding carboxylic acids is 1. The second kappa shape index (κ2) is 10.3. The third-order valence-electron chi connectivity index (χ3n) is 5.88. The molecule has 0 bridgehead atoms. The average molecular weight is 502 g/mol. The normalized spacial score (nSPS) is 11.1. The van der Waals surface area contributed by atoms with Gasteiger partial charge >= 0.3 is 5.97 Å². The Morgan fingerprint density at radius 3 is 2.72 bits per heavy atom. The quantitative estimate of drug-likeness (QED) is 0.227. The Morgan fingerprint density at radius 1 is 1.08 bits per heavy atom. The van der Waals surface area contributed by atoms with Crippen molar-refractivity contribution in [3.63, 3.8) is 0 Å². The first kappa shape index (κ1) is 23.6. The van der Waals surface area contributed by atoms with Crippen LogP contribution in [0.15, 0.2) is 77.5 Å². The molecule has 0 aliphatic rings. The topological polar surface area (TPSA) is 79.4 Å². The molecule has 5 aromatic rings. The Hall–Kier alpha value is -4.10. The van der Waals surface area contributed by atoms with Crippen molar-refractivity contribution in [3.05, 3.63) is 101 Å². The number of aryl methyl sites for hydroxylation is 1. The summed E-state index contributed by atoms with van der Waals surface area (Å²) >= 11 is 6.61. The van der Waals surface area contributed by atoms with Crippen molar-refractivity contribution in [2.45, 2.75) is 27.0 Å². The van der Waals surface area contributed by atoms with Crippen LogP contribution < -0.4 is 4.74 Å². The van der Waals surface area contributed by atoms with Gasteiger partial charge < -0.3 is 18.5 Å². The average Bonchev–Trinajstić information content (AvgIpc) is 3.52. The van der Waals surface area contributed by atoms with Crippen molar-refractivity contribution < 1.29 is 18.7 Å². The molecule has 0 spiro atoms. The van der Waals surface area contributed by atoms with Gasteiger partial charge in [0, 0.05) is 22.2 Å². The minimum Gasteiger partial charge on any atom is -0.489 e. The van der Waals surface area contributed by atoms with Gasteiger partial charge in [-0.05, 0) is 49.7 Å². The van der Waals surface area contributed by atoms with Crippen LogP contribution in [0, 0.1) is 6.92 Å². The van der Waals surface area contributed by atoms with Crippen LogP contribution in [-0.2, 0) is 17.9 Å². The fourth-order valence-electron chi connectivity index (χ4n) is 4.07. The SMILES string of the molecule is CCOC(=O)c1ccccc1COc1ccc2nc(C)n(Cc3ccc(-c4ncco4)cc3Cl)c2c1. The molecule has 5 rings (SSSR count). The Kier molecular flexibility index (Phi) is 6.73. The van der Waals surface area contributed by atoms with Gasteiger partial charge in [-0.3, -0.25) is 0 Å². The van der Waals surface area contributed by atoms with Gasteiger partial charge in [0.1, 0.15) is 24.4 Å². The monoisotopic (exact) mass is 501 g/mol. The van der Waals surface area contributed by atoms with Crippen molar-refractivity contribution in [2.24, 2.45) is 0 Å². The van der Waals surface area contributed by atoms with Crippen LogP contribution in [0.25, 0.3) is 22.5 Å². The third kappa shape index (κ3) is 4.83. The van der Waals surface area contributed by atoms with Gasteiger partial charge in [-0.1, -0.05) is 35.9 Å². The first-order chi connectivity index (χ1) is 17.5. The van der Waals surface area contributed by atoms with Crippen molar-refractivity contribution in [1.29, 1.82) is 0 Å². The van der Waals surface area contributed by atoms with Crippen LogP contribution in [0.5, 0.6) is 5.75 Å². The Morgan fingerprint density at radius 2 is 1.94 bits per heavy atom. The molecule has 0 amide bonds. The lowest BCUT2D eigenvalue weighted by atomic mass is 10.1. The predicted molar refractivity (Wildman–Crippen MR) is 137 cm³/mol. The highest BCUT2D eigenvalue weighted by atomic mass is 35.5. The number of fused-ring (bicyclic) bond motifs is 1. The lowest BCUT2D eigenvalue weighted by molar-refractivity contribution is 0.0523. The molecule has 0 fully saturated rings.